The molecule has 0 unspecified atom stereocenters. The summed E-state index contributed by atoms with van der Waals surface area (Å²) in [6.07, 6.45) is 2.94. The maximum atomic E-state index is 14.2. The number of hydrogen-bond acceptors (Lipinski definition) is 4. The normalized spacial score (nSPS) is 11.4. The number of nitrogen functional groups attached to an aromatic ring is 1. The Morgan fingerprint density at radius 3 is 2.52 bits per heavy atom. The average molecular weight is 374 g/mol. The van der Waals surface area contributed by atoms with Gasteiger partial charge in [0.15, 0.2) is 5.82 Å². The minimum absolute atomic E-state index is 0.00635. The van der Waals surface area contributed by atoms with Gasteiger partial charge in [0.25, 0.3) is 10.0 Å². The molecule has 0 atom stereocenters. The summed E-state index contributed by atoms with van der Waals surface area (Å²) < 4.78 is 40.6. The number of sulfonamides is 1. The van der Waals surface area contributed by atoms with E-state index in [1.54, 1.807) is 19.1 Å². The lowest BCUT2D eigenvalue weighted by atomic mass is 10.3. The Balaban J connectivity index is 2.61. The standard InChI is InChI=1S/C13H13BrFN3O2S/c1-2-18(10-3-5-17-6-4-10)21(19,20)12-8-9(16)7-11(14)13(12)15/h3-8H,2,16H2,1H3. The molecule has 0 spiro atoms. The van der Waals surface area contributed by atoms with Crippen molar-refractivity contribution in [1.29, 1.82) is 0 Å². The zero-order valence-electron chi connectivity index (χ0n) is 11.1. The molecule has 5 nitrogen and oxygen atoms in total. The molecule has 1 heterocycles. The van der Waals surface area contributed by atoms with Crippen LogP contribution >= 0.6 is 15.9 Å². The van der Waals surface area contributed by atoms with Crippen LogP contribution in [-0.2, 0) is 10.0 Å². The van der Waals surface area contributed by atoms with Crippen molar-refractivity contribution in [2.45, 2.75) is 11.8 Å². The molecule has 0 aliphatic carbocycles. The van der Waals surface area contributed by atoms with Crippen LogP contribution in [0, 0.1) is 5.82 Å². The largest absolute Gasteiger partial charge is 0.399 e. The molecule has 0 radical (unpaired) electrons. The van der Waals surface area contributed by atoms with E-state index >= 15 is 0 Å². The molecule has 8 heteroatoms. The lowest BCUT2D eigenvalue weighted by molar-refractivity contribution is 0.561. The molecule has 2 rings (SSSR count). The summed E-state index contributed by atoms with van der Waals surface area (Å²) in [5.74, 6) is -0.864. The van der Waals surface area contributed by atoms with Crippen molar-refractivity contribution >= 4 is 37.3 Å². The fraction of sp³-hybridized carbons (Fsp3) is 0.154. The molecule has 0 aliphatic rings. The molecule has 0 bridgehead atoms. The quantitative estimate of drug-likeness (QED) is 0.835. The van der Waals surface area contributed by atoms with Gasteiger partial charge in [-0.3, -0.25) is 9.29 Å². The van der Waals surface area contributed by atoms with Gasteiger partial charge in [-0.05, 0) is 47.1 Å². The van der Waals surface area contributed by atoms with Crippen LogP contribution in [0.1, 0.15) is 6.92 Å². The second kappa shape index (κ2) is 5.98. The molecule has 1 aromatic carbocycles. The van der Waals surface area contributed by atoms with E-state index in [-0.39, 0.29) is 16.7 Å². The van der Waals surface area contributed by atoms with Crippen molar-refractivity contribution in [3.8, 4) is 0 Å². The number of pyridine rings is 1. The van der Waals surface area contributed by atoms with Gasteiger partial charge in [-0.25, -0.2) is 12.8 Å². The summed E-state index contributed by atoms with van der Waals surface area (Å²) in [6, 6.07) is 5.51. The molecule has 0 amide bonds. The van der Waals surface area contributed by atoms with Crippen molar-refractivity contribution < 1.29 is 12.8 Å². The molecular formula is C13H13BrFN3O2S. The SMILES string of the molecule is CCN(c1ccncc1)S(=O)(=O)c1cc(N)cc(Br)c1F. The van der Waals surface area contributed by atoms with Crippen LogP contribution in [0.3, 0.4) is 0 Å². The Bertz CT molecular complexity index is 754. The Kier molecular flexibility index (Phi) is 4.48. The Morgan fingerprint density at radius 2 is 1.95 bits per heavy atom. The van der Waals surface area contributed by atoms with Crippen LogP contribution in [0.25, 0.3) is 0 Å². The first-order valence-electron chi connectivity index (χ1n) is 6.05. The van der Waals surface area contributed by atoms with Gasteiger partial charge in [-0.2, -0.15) is 0 Å². The maximum absolute atomic E-state index is 14.2. The molecular weight excluding hydrogens is 361 g/mol. The molecule has 0 saturated carbocycles. The van der Waals surface area contributed by atoms with Gasteiger partial charge >= 0.3 is 0 Å². The minimum atomic E-state index is -4.06. The predicted molar refractivity (Wildman–Crippen MR) is 83.0 cm³/mol. The first-order valence-corrected chi connectivity index (χ1v) is 8.28. The molecule has 2 aromatic rings. The summed E-state index contributed by atoms with van der Waals surface area (Å²) in [6.45, 7) is 1.81. The number of halogens is 2. The van der Waals surface area contributed by atoms with Gasteiger partial charge in [0, 0.05) is 24.6 Å². The van der Waals surface area contributed by atoms with Gasteiger partial charge in [-0.1, -0.05) is 0 Å². The summed E-state index contributed by atoms with van der Waals surface area (Å²) in [7, 11) is -4.06. The fourth-order valence-corrected chi connectivity index (χ4v) is 4.10. The lowest BCUT2D eigenvalue weighted by Gasteiger charge is -2.23. The number of aromatic nitrogens is 1. The third-order valence-corrected chi connectivity index (χ3v) is 5.30. The number of hydrogen-bond donors (Lipinski definition) is 1. The highest BCUT2D eigenvalue weighted by molar-refractivity contribution is 9.10. The second-order valence-corrected chi connectivity index (χ2v) is 6.88. The molecule has 1 aromatic heterocycles. The maximum Gasteiger partial charge on any atom is 0.267 e. The third kappa shape index (κ3) is 3.01. The van der Waals surface area contributed by atoms with E-state index in [4.69, 9.17) is 5.73 Å². The molecule has 112 valence electrons. The van der Waals surface area contributed by atoms with Crippen molar-refractivity contribution in [2.24, 2.45) is 0 Å². The number of nitrogens with two attached hydrogens (primary N) is 1. The van der Waals surface area contributed by atoms with Crippen LogP contribution in [0.2, 0.25) is 0 Å². The first kappa shape index (κ1) is 15.7. The monoisotopic (exact) mass is 373 g/mol. The zero-order chi connectivity index (χ0) is 15.6. The van der Waals surface area contributed by atoms with Crippen molar-refractivity contribution in [1.82, 2.24) is 4.98 Å². The van der Waals surface area contributed by atoms with Gasteiger partial charge in [0.2, 0.25) is 0 Å². The second-order valence-electron chi connectivity index (χ2n) is 4.19. The number of benzene rings is 1. The van der Waals surface area contributed by atoms with E-state index in [2.05, 4.69) is 20.9 Å². The van der Waals surface area contributed by atoms with Gasteiger partial charge in [0.05, 0.1) is 10.2 Å². The van der Waals surface area contributed by atoms with Crippen LogP contribution in [-0.4, -0.2) is 19.9 Å². The topological polar surface area (TPSA) is 76.3 Å². The molecule has 0 fully saturated rings. The Morgan fingerprint density at radius 1 is 1.33 bits per heavy atom. The number of rotatable bonds is 4. The number of anilines is 2. The molecule has 0 saturated heterocycles. The van der Waals surface area contributed by atoms with E-state index in [1.165, 1.54) is 18.5 Å². The minimum Gasteiger partial charge on any atom is -0.399 e. The molecule has 2 N–H and O–H groups in total. The summed E-state index contributed by atoms with van der Waals surface area (Å²) in [4.78, 5) is 3.37. The Hall–Kier alpha value is -1.67. The molecule has 0 aliphatic heterocycles. The van der Waals surface area contributed by atoms with Gasteiger partial charge in [0.1, 0.15) is 4.90 Å². The van der Waals surface area contributed by atoms with Crippen LogP contribution < -0.4 is 10.0 Å². The van der Waals surface area contributed by atoms with Crippen LogP contribution in [0.4, 0.5) is 15.8 Å². The lowest BCUT2D eigenvalue weighted by Crippen LogP contribution is -2.31. The van der Waals surface area contributed by atoms with Crippen molar-refractivity contribution in [2.75, 3.05) is 16.6 Å². The van der Waals surface area contributed by atoms with E-state index in [0.29, 0.717) is 5.69 Å². The predicted octanol–water partition coefficient (Wildman–Crippen LogP) is 2.78. The molecule has 21 heavy (non-hydrogen) atoms. The number of nitrogens with zero attached hydrogens (tertiary/aromatic N) is 2. The first-order chi connectivity index (χ1) is 9.87. The van der Waals surface area contributed by atoms with E-state index in [0.717, 1.165) is 10.4 Å². The highest BCUT2D eigenvalue weighted by Crippen LogP contribution is 2.30. The zero-order valence-corrected chi connectivity index (χ0v) is 13.5. The highest BCUT2D eigenvalue weighted by atomic mass is 79.9. The summed E-state index contributed by atoms with van der Waals surface area (Å²) in [5.41, 5.74) is 6.18. The highest BCUT2D eigenvalue weighted by Gasteiger charge is 2.28. The summed E-state index contributed by atoms with van der Waals surface area (Å²) in [5, 5.41) is 0. The van der Waals surface area contributed by atoms with Gasteiger partial charge in [-0.15, -0.1) is 0 Å². The third-order valence-electron chi connectivity index (χ3n) is 2.82. The smallest absolute Gasteiger partial charge is 0.267 e. The summed E-state index contributed by atoms with van der Waals surface area (Å²) >= 11 is 2.97. The Labute approximate surface area is 130 Å². The van der Waals surface area contributed by atoms with E-state index < -0.39 is 20.7 Å². The average Bonchev–Trinajstić information content (AvgIpc) is 2.44. The van der Waals surface area contributed by atoms with Gasteiger partial charge < -0.3 is 5.73 Å². The van der Waals surface area contributed by atoms with E-state index in [9.17, 15) is 12.8 Å². The van der Waals surface area contributed by atoms with E-state index in [1.807, 2.05) is 0 Å². The fourth-order valence-electron chi connectivity index (χ4n) is 1.89. The van der Waals surface area contributed by atoms with Crippen LogP contribution in [0.15, 0.2) is 46.0 Å². The van der Waals surface area contributed by atoms with Crippen molar-refractivity contribution in [3.05, 3.63) is 46.9 Å². The van der Waals surface area contributed by atoms with Crippen molar-refractivity contribution in [3.63, 3.8) is 0 Å². The van der Waals surface area contributed by atoms with Crippen LogP contribution in [0.5, 0.6) is 0 Å².